The first-order chi connectivity index (χ1) is 11.8. The third-order valence-corrected chi connectivity index (χ3v) is 6.45. The lowest BCUT2D eigenvalue weighted by molar-refractivity contribution is -0.144. The van der Waals surface area contributed by atoms with E-state index in [0.29, 0.717) is 10.00 Å². The number of hydrogen-bond acceptors (Lipinski definition) is 7. The Morgan fingerprint density at radius 1 is 1.24 bits per heavy atom. The molecular formula is C15H14N2O6S2. The molecule has 1 amide bonds. The molecule has 1 aliphatic heterocycles. The van der Waals surface area contributed by atoms with E-state index in [1.807, 2.05) is 0 Å². The molecule has 8 nitrogen and oxygen atoms in total. The lowest BCUT2D eigenvalue weighted by Gasteiger charge is -2.15. The maximum Gasteiger partial charge on any atom is 0.326 e. The van der Waals surface area contributed by atoms with Gasteiger partial charge in [-0.1, -0.05) is 23.5 Å². The highest BCUT2D eigenvalue weighted by Gasteiger charge is 2.40. The molecule has 0 saturated heterocycles. The van der Waals surface area contributed by atoms with E-state index >= 15 is 0 Å². The Hall–Kier alpha value is -2.46. The highest BCUT2D eigenvalue weighted by molar-refractivity contribution is 7.90. The second kappa shape index (κ2) is 6.45. The fourth-order valence-corrected chi connectivity index (χ4v) is 4.75. The van der Waals surface area contributed by atoms with Crippen LogP contribution < -0.4 is 4.87 Å². The van der Waals surface area contributed by atoms with Crippen molar-refractivity contribution in [1.82, 2.24) is 8.87 Å². The molecule has 10 heteroatoms. The van der Waals surface area contributed by atoms with Crippen LogP contribution in [0.4, 0.5) is 0 Å². The van der Waals surface area contributed by atoms with Crippen molar-refractivity contribution in [2.45, 2.75) is 18.4 Å². The highest BCUT2D eigenvalue weighted by atomic mass is 32.2. The van der Waals surface area contributed by atoms with Gasteiger partial charge in [0, 0.05) is 11.1 Å². The minimum Gasteiger partial charge on any atom is -0.462 e. The molecule has 0 N–H and O–H groups in total. The summed E-state index contributed by atoms with van der Waals surface area (Å²) >= 11 is 0.978. The van der Waals surface area contributed by atoms with Crippen LogP contribution in [0.2, 0.25) is 0 Å². The summed E-state index contributed by atoms with van der Waals surface area (Å²) in [5.41, 5.74) is 0.744. The van der Waals surface area contributed by atoms with E-state index in [1.54, 1.807) is 18.4 Å². The molecule has 0 fully saturated rings. The van der Waals surface area contributed by atoms with E-state index in [4.69, 9.17) is 4.74 Å². The molecule has 0 atom stereocenters. The van der Waals surface area contributed by atoms with Gasteiger partial charge in [-0.05, 0) is 19.1 Å². The molecule has 0 spiro atoms. The van der Waals surface area contributed by atoms with Crippen LogP contribution in [0.3, 0.4) is 0 Å². The van der Waals surface area contributed by atoms with E-state index in [1.165, 1.54) is 22.8 Å². The number of carbonyl (C=O) groups is 2. The number of esters is 1. The molecule has 1 aromatic carbocycles. The Labute approximate surface area is 147 Å². The Kier molecular flexibility index (Phi) is 4.48. The number of sulfonamides is 1. The van der Waals surface area contributed by atoms with Crippen molar-refractivity contribution in [2.75, 3.05) is 13.2 Å². The highest BCUT2D eigenvalue weighted by Crippen LogP contribution is 2.29. The van der Waals surface area contributed by atoms with Crippen molar-refractivity contribution in [3.05, 3.63) is 50.6 Å². The van der Waals surface area contributed by atoms with Crippen LogP contribution in [0.15, 0.2) is 39.3 Å². The zero-order chi connectivity index (χ0) is 18.2. The summed E-state index contributed by atoms with van der Waals surface area (Å²) in [5.74, 6) is -1.32. The Balaban J connectivity index is 1.62. The molecule has 2 aromatic rings. The van der Waals surface area contributed by atoms with Crippen LogP contribution >= 0.6 is 11.3 Å². The van der Waals surface area contributed by atoms with E-state index < -0.39 is 21.9 Å². The maximum atomic E-state index is 12.3. The fraction of sp³-hybridized carbons (Fsp3) is 0.267. The number of benzene rings is 1. The number of hydrogen-bond donors (Lipinski definition) is 0. The van der Waals surface area contributed by atoms with Crippen molar-refractivity contribution in [3.63, 3.8) is 0 Å². The van der Waals surface area contributed by atoms with Gasteiger partial charge in [-0.2, -0.15) is 0 Å². The Morgan fingerprint density at radius 3 is 2.60 bits per heavy atom. The van der Waals surface area contributed by atoms with Crippen LogP contribution in [0, 0.1) is 6.92 Å². The SMILES string of the molecule is Cc1csc(=O)n1CC(=O)OCCN1C(=O)c2ccccc2S1(=O)=O. The molecule has 1 aromatic heterocycles. The van der Waals surface area contributed by atoms with Crippen LogP contribution in [-0.2, 0) is 26.1 Å². The molecule has 1 aliphatic rings. The molecule has 132 valence electrons. The van der Waals surface area contributed by atoms with Crippen LogP contribution in [0.25, 0.3) is 0 Å². The monoisotopic (exact) mass is 382 g/mol. The third kappa shape index (κ3) is 3.10. The first-order valence-electron chi connectivity index (χ1n) is 7.29. The first-order valence-corrected chi connectivity index (χ1v) is 9.61. The van der Waals surface area contributed by atoms with Gasteiger partial charge >= 0.3 is 10.8 Å². The van der Waals surface area contributed by atoms with Gasteiger partial charge in [-0.3, -0.25) is 19.0 Å². The number of fused-ring (bicyclic) bond motifs is 1. The Morgan fingerprint density at radius 2 is 1.96 bits per heavy atom. The average molecular weight is 382 g/mol. The van der Waals surface area contributed by atoms with Crippen LogP contribution in [0.1, 0.15) is 16.1 Å². The summed E-state index contributed by atoms with van der Waals surface area (Å²) in [7, 11) is -3.92. The number of thiazole rings is 1. The zero-order valence-electron chi connectivity index (χ0n) is 13.2. The number of rotatable bonds is 5. The lowest BCUT2D eigenvalue weighted by atomic mass is 10.2. The molecule has 2 heterocycles. The van der Waals surface area contributed by atoms with Crippen molar-refractivity contribution in [2.24, 2.45) is 0 Å². The number of amides is 1. The minimum absolute atomic E-state index is 0.0493. The molecular weight excluding hydrogens is 368 g/mol. The normalized spacial score (nSPS) is 15.2. The summed E-state index contributed by atoms with van der Waals surface area (Å²) in [6.07, 6.45) is 0. The average Bonchev–Trinajstić information content (AvgIpc) is 2.98. The fourth-order valence-electron chi connectivity index (χ4n) is 2.47. The van der Waals surface area contributed by atoms with Gasteiger partial charge in [0.25, 0.3) is 15.9 Å². The van der Waals surface area contributed by atoms with Gasteiger partial charge in [0.05, 0.1) is 12.1 Å². The predicted octanol–water partition coefficient (Wildman–Crippen LogP) is 0.606. The molecule has 0 bridgehead atoms. The number of aryl methyl sites for hydroxylation is 1. The zero-order valence-corrected chi connectivity index (χ0v) is 14.8. The van der Waals surface area contributed by atoms with Crippen molar-refractivity contribution < 1.29 is 22.7 Å². The van der Waals surface area contributed by atoms with Gasteiger partial charge in [-0.25, -0.2) is 12.7 Å². The standard InChI is InChI=1S/C15H14N2O6S2/c1-10-9-24-15(20)16(10)8-13(18)23-7-6-17-14(19)11-4-2-3-5-12(11)25(17,21)22/h2-5,9H,6-8H2,1H3. The van der Waals surface area contributed by atoms with E-state index in [9.17, 15) is 22.8 Å². The maximum absolute atomic E-state index is 12.3. The summed E-state index contributed by atoms with van der Waals surface area (Å²) in [6, 6.07) is 5.91. The second-order valence-electron chi connectivity index (χ2n) is 5.33. The van der Waals surface area contributed by atoms with Gasteiger partial charge in [0.2, 0.25) is 0 Å². The summed E-state index contributed by atoms with van der Waals surface area (Å²) in [5, 5.41) is 1.63. The number of nitrogens with zero attached hydrogens (tertiary/aromatic N) is 2. The van der Waals surface area contributed by atoms with Gasteiger partial charge in [0.1, 0.15) is 18.0 Å². The smallest absolute Gasteiger partial charge is 0.326 e. The summed E-state index contributed by atoms with van der Waals surface area (Å²) in [4.78, 5) is 35.2. The topological polar surface area (TPSA) is 103 Å². The van der Waals surface area contributed by atoms with E-state index in [-0.39, 0.29) is 35.0 Å². The second-order valence-corrected chi connectivity index (χ2v) is 7.98. The lowest BCUT2D eigenvalue weighted by Crippen LogP contribution is -2.34. The van der Waals surface area contributed by atoms with Crippen LogP contribution in [0.5, 0.6) is 0 Å². The van der Waals surface area contributed by atoms with Crippen LogP contribution in [-0.4, -0.2) is 42.3 Å². The minimum atomic E-state index is -3.92. The summed E-state index contributed by atoms with van der Waals surface area (Å²) < 4.78 is 31.6. The van der Waals surface area contributed by atoms with Crippen molar-refractivity contribution in [3.8, 4) is 0 Å². The molecule has 25 heavy (non-hydrogen) atoms. The van der Waals surface area contributed by atoms with Crippen molar-refractivity contribution in [1.29, 1.82) is 0 Å². The van der Waals surface area contributed by atoms with E-state index in [2.05, 4.69) is 0 Å². The molecule has 0 radical (unpaired) electrons. The Bertz CT molecular complexity index is 1010. The van der Waals surface area contributed by atoms with Gasteiger partial charge in [0.15, 0.2) is 0 Å². The van der Waals surface area contributed by atoms with Gasteiger partial charge in [-0.15, -0.1) is 0 Å². The quantitative estimate of drug-likeness (QED) is 0.702. The van der Waals surface area contributed by atoms with E-state index in [0.717, 1.165) is 11.3 Å². The summed E-state index contributed by atoms with van der Waals surface area (Å²) in [6.45, 7) is 0.877. The number of ether oxygens (including phenoxy) is 1. The van der Waals surface area contributed by atoms with Gasteiger partial charge < -0.3 is 4.74 Å². The molecule has 0 aliphatic carbocycles. The first kappa shape index (κ1) is 17.4. The molecule has 0 saturated carbocycles. The van der Waals surface area contributed by atoms with Crippen molar-refractivity contribution >= 4 is 33.2 Å². The number of aromatic nitrogens is 1. The third-order valence-electron chi connectivity index (χ3n) is 3.73. The largest absolute Gasteiger partial charge is 0.462 e. The predicted molar refractivity (Wildman–Crippen MR) is 88.9 cm³/mol. The molecule has 3 rings (SSSR count). The number of carbonyl (C=O) groups excluding carboxylic acids is 2. The molecule has 0 unspecified atom stereocenters.